The third-order valence-electron chi connectivity index (χ3n) is 5.31. The second-order valence-electron chi connectivity index (χ2n) is 7.24. The summed E-state index contributed by atoms with van der Waals surface area (Å²) < 4.78 is 3.41. The van der Waals surface area contributed by atoms with E-state index in [1.807, 2.05) is 4.90 Å². The summed E-state index contributed by atoms with van der Waals surface area (Å²) in [4.78, 5) is 18.8. The van der Waals surface area contributed by atoms with Gasteiger partial charge >= 0.3 is 0 Å². The van der Waals surface area contributed by atoms with Crippen LogP contribution in [0.3, 0.4) is 0 Å². The summed E-state index contributed by atoms with van der Waals surface area (Å²) >= 11 is 1.77. The number of carbonyl (C=O) groups excluding carboxylic acids is 1. The van der Waals surface area contributed by atoms with Crippen LogP contribution in [0.5, 0.6) is 0 Å². The summed E-state index contributed by atoms with van der Waals surface area (Å²) in [5, 5.41) is 0. The van der Waals surface area contributed by atoms with Gasteiger partial charge in [-0.05, 0) is 44.2 Å². The maximum atomic E-state index is 13.2. The molecule has 5 heteroatoms. The Kier molecular flexibility index (Phi) is 4.59. The molecule has 136 valence electrons. The molecular weight excluding hydrogens is 342 g/mol. The van der Waals surface area contributed by atoms with Gasteiger partial charge in [-0.2, -0.15) is 0 Å². The molecule has 0 aliphatic carbocycles. The third kappa shape index (κ3) is 3.17. The molecular formula is C21H25N3OS. The predicted octanol–water partition coefficient (Wildman–Crippen LogP) is 3.76. The monoisotopic (exact) mass is 367 g/mol. The molecule has 0 N–H and O–H groups in total. The molecule has 1 fully saturated rings. The van der Waals surface area contributed by atoms with Crippen LogP contribution in [0, 0.1) is 13.8 Å². The van der Waals surface area contributed by atoms with E-state index in [9.17, 15) is 4.79 Å². The van der Waals surface area contributed by atoms with E-state index in [1.165, 1.54) is 26.2 Å². The van der Waals surface area contributed by atoms with E-state index >= 15 is 0 Å². The van der Waals surface area contributed by atoms with Crippen LogP contribution in [-0.2, 0) is 6.54 Å². The van der Waals surface area contributed by atoms with Crippen LogP contribution in [0.4, 0.5) is 0 Å². The van der Waals surface area contributed by atoms with Gasteiger partial charge in [0.1, 0.15) is 5.69 Å². The molecule has 26 heavy (non-hydrogen) atoms. The highest BCUT2D eigenvalue weighted by atomic mass is 32.1. The minimum absolute atomic E-state index is 0.160. The maximum absolute atomic E-state index is 13.2. The first-order valence-electron chi connectivity index (χ1n) is 9.15. The topological polar surface area (TPSA) is 28.5 Å². The molecule has 1 aliphatic heterocycles. The molecule has 3 heterocycles. The summed E-state index contributed by atoms with van der Waals surface area (Å²) in [7, 11) is 2.11. The highest BCUT2D eigenvalue weighted by Crippen LogP contribution is 2.30. The molecule has 3 aromatic rings. The van der Waals surface area contributed by atoms with Gasteiger partial charge in [-0.15, -0.1) is 11.3 Å². The van der Waals surface area contributed by atoms with Gasteiger partial charge in [-0.1, -0.05) is 24.3 Å². The van der Waals surface area contributed by atoms with Crippen molar-refractivity contribution in [3.63, 3.8) is 0 Å². The van der Waals surface area contributed by atoms with Crippen LogP contribution < -0.4 is 0 Å². The summed E-state index contributed by atoms with van der Waals surface area (Å²) in [6.45, 7) is 8.49. The number of likely N-dealkylation sites (N-methyl/N-ethyl adjacent to an activating group) is 1. The third-order valence-corrected chi connectivity index (χ3v) is 6.30. The van der Waals surface area contributed by atoms with Gasteiger partial charge in [-0.25, -0.2) is 0 Å². The fraction of sp³-hybridized carbons (Fsp3) is 0.381. The van der Waals surface area contributed by atoms with Crippen molar-refractivity contribution >= 4 is 27.5 Å². The minimum Gasteiger partial charge on any atom is -0.335 e. The number of thiophene rings is 1. The molecule has 0 bridgehead atoms. The average Bonchev–Trinajstić information content (AvgIpc) is 3.14. The summed E-state index contributed by atoms with van der Waals surface area (Å²) in [5.74, 6) is 0.160. The van der Waals surface area contributed by atoms with E-state index in [-0.39, 0.29) is 5.91 Å². The van der Waals surface area contributed by atoms with Crippen molar-refractivity contribution in [3.05, 3.63) is 58.1 Å². The molecule has 0 radical (unpaired) electrons. The van der Waals surface area contributed by atoms with Gasteiger partial charge in [0.2, 0.25) is 0 Å². The zero-order valence-electron chi connectivity index (χ0n) is 15.7. The zero-order chi connectivity index (χ0) is 18.3. The number of nitrogens with zero attached hydrogens (tertiary/aromatic N) is 3. The Morgan fingerprint density at radius 2 is 1.81 bits per heavy atom. The predicted molar refractivity (Wildman–Crippen MR) is 108 cm³/mol. The lowest BCUT2D eigenvalue weighted by molar-refractivity contribution is 0.0654. The molecule has 0 saturated carbocycles. The second kappa shape index (κ2) is 6.89. The number of amides is 1. The van der Waals surface area contributed by atoms with Crippen molar-refractivity contribution in [2.75, 3.05) is 33.2 Å². The van der Waals surface area contributed by atoms with E-state index < -0.39 is 0 Å². The lowest BCUT2D eigenvalue weighted by atomic mass is 10.1. The molecule has 1 saturated heterocycles. The van der Waals surface area contributed by atoms with Crippen LogP contribution >= 0.6 is 11.3 Å². The Morgan fingerprint density at radius 3 is 2.54 bits per heavy atom. The molecule has 4 rings (SSSR count). The van der Waals surface area contributed by atoms with Gasteiger partial charge in [0, 0.05) is 37.6 Å². The molecule has 0 unspecified atom stereocenters. The summed E-state index contributed by atoms with van der Waals surface area (Å²) in [6, 6.07) is 12.7. The quantitative estimate of drug-likeness (QED) is 0.705. The van der Waals surface area contributed by atoms with Crippen LogP contribution in [0.25, 0.3) is 10.2 Å². The Bertz CT molecular complexity index is 947. The van der Waals surface area contributed by atoms with E-state index in [4.69, 9.17) is 0 Å². The molecule has 4 nitrogen and oxygen atoms in total. The number of benzene rings is 1. The van der Waals surface area contributed by atoms with Crippen LogP contribution in [0.2, 0.25) is 0 Å². The first-order chi connectivity index (χ1) is 12.5. The molecule has 1 aliphatic rings. The van der Waals surface area contributed by atoms with Crippen LogP contribution in [-0.4, -0.2) is 53.5 Å². The summed E-state index contributed by atoms with van der Waals surface area (Å²) in [5.41, 5.74) is 4.52. The number of fused-ring (bicyclic) bond motifs is 1. The largest absolute Gasteiger partial charge is 0.335 e. The highest BCUT2D eigenvalue weighted by Gasteiger charge is 2.25. The summed E-state index contributed by atoms with van der Waals surface area (Å²) in [6.07, 6.45) is 0. The lowest BCUT2D eigenvalue weighted by Gasteiger charge is -2.32. The number of hydrogen-bond donors (Lipinski definition) is 0. The molecule has 1 aromatic carbocycles. The van der Waals surface area contributed by atoms with Gasteiger partial charge in [-0.3, -0.25) is 4.79 Å². The molecule has 2 aromatic heterocycles. The Hall–Kier alpha value is -2.11. The number of piperazine rings is 1. The van der Waals surface area contributed by atoms with Crippen LogP contribution in [0.15, 0.2) is 36.4 Å². The SMILES string of the molecule is Cc1cc2c(cc(C(=O)N3CCN(C)CC3)n2Cc2ccccc2C)s1. The fourth-order valence-corrected chi connectivity index (χ4v) is 4.60. The Balaban J connectivity index is 1.73. The van der Waals surface area contributed by atoms with Gasteiger partial charge < -0.3 is 14.4 Å². The number of hydrogen-bond acceptors (Lipinski definition) is 3. The van der Waals surface area contributed by atoms with Crippen molar-refractivity contribution in [1.29, 1.82) is 0 Å². The first kappa shape index (κ1) is 17.3. The van der Waals surface area contributed by atoms with E-state index in [1.54, 1.807) is 11.3 Å². The van der Waals surface area contributed by atoms with Gasteiger partial charge in [0.25, 0.3) is 5.91 Å². The van der Waals surface area contributed by atoms with E-state index in [0.717, 1.165) is 38.4 Å². The second-order valence-corrected chi connectivity index (χ2v) is 8.53. The first-order valence-corrected chi connectivity index (χ1v) is 9.96. The van der Waals surface area contributed by atoms with Gasteiger partial charge in [0.05, 0.1) is 10.2 Å². The Morgan fingerprint density at radius 1 is 1.08 bits per heavy atom. The molecule has 1 amide bonds. The average molecular weight is 368 g/mol. The standard InChI is InChI=1S/C21H25N3OS/c1-15-6-4-5-7-17(15)14-24-18-12-16(2)26-20(18)13-19(24)21(25)23-10-8-22(3)9-11-23/h4-7,12-13H,8-11,14H2,1-3H3. The Labute approximate surface area is 158 Å². The number of aryl methyl sites for hydroxylation is 2. The zero-order valence-corrected chi connectivity index (χ0v) is 16.5. The lowest BCUT2D eigenvalue weighted by Crippen LogP contribution is -2.47. The van der Waals surface area contributed by atoms with Crippen molar-refractivity contribution < 1.29 is 4.79 Å². The normalized spacial score (nSPS) is 15.7. The molecule has 0 spiro atoms. The van der Waals surface area contributed by atoms with Crippen molar-refractivity contribution in [2.24, 2.45) is 0 Å². The van der Waals surface area contributed by atoms with Crippen molar-refractivity contribution in [2.45, 2.75) is 20.4 Å². The fourth-order valence-electron chi connectivity index (χ4n) is 3.64. The highest BCUT2D eigenvalue weighted by molar-refractivity contribution is 7.19. The van der Waals surface area contributed by atoms with Gasteiger partial charge in [0.15, 0.2) is 0 Å². The van der Waals surface area contributed by atoms with Crippen molar-refractivity contribution in [3.8, 4) is 0 Å². The van der Waals surface area contributed by atoms with E-state index in [2.05, 4.69) is 66.8 Å². The van der Waals surface area contributed by atoms with Crippen LogP contribution in [0.1, 0.15) is 26.5 Å². The van der Waals surface area contributed by atoms with E-state index in [0.29, 0.717) is 0 Å². The minimum atomic E-state index is 0.160. The number of carbonyl (C=O) groups is 1. The van der Waals surface area contributed by atoms with Crippen molar-refractivity contribution in [1.82, 2.24) is 14.4 Å². The number of rotatable bonds is 3. The molecule has 0 atom stereocenters. The maximum Gasteiger partial charge on any atom is 0.270 e. The smallest absolute Gasteiger partial charge is 0.270 e. The number of aromatic nitrogens is 1.